The van der Waals surface area contributed by atoms with Crippen molar-refractivity contribution in [2.75, 3.05) is 47.5 Å². The van der Waals surface area contributed by atoms with Gasteiger partial charge in [-0.3, -0.25) is 14.2 Å². The molecule has 0 aromatic heterocycles. The smallest absolute Gasteiger partial charge is 0.306 e. The van der Waals surface area contributed by atoms with E-state index in [0.717, 1.165) is 96.3 Å². The molecule has 68 heavy (non-hydrogen) atoms. The lowest BCUT2D eigenvalue weighted by Crippen LogP contribution is -2.37. The Morgan fingerprint density at radius 1 is 0.471 bits per heavy atom. The van der Waals surface area contributed by atoms with Crippen LogP contribution in [0.25, 0.3) is 0 Å². The third kappa shape index (κ3) is 52.0. The highest BCUT2D eigenvalue weighted by Gasteiger charge is 2.21. The molecule has 0 radical (unpaired) electrons. The fraction of sp³-hybridized carbons (Fsp3) is 0.655. The number of hydrogen-bond donors (Lipinski definition) is 0. The first-order chi connectivity index (χ1) is 33.0. The van der Waals surface area contributed by atoms with Gasteiger partial charge in [-0.15, -0.1) is 0 Å². The van der Waals surface area contributed by atoms with Gasteiger partial charge in [0, 0.05) is 12.8 Å². The van der Waals surface area contributed by atoms with Gasteiger partial charge in [0.25, 0.3) is 7.82 Å². The number of esters is 2. The largest absolute Gasteiger partial charge is 0.756 e. The average Bonchev–Trinajstić information content (AvgIpc) is 3.30. The molecule has 0 heterocycles. The van der Waals surface area contributed by atoms with Gasteiger partial charge in [-0.25, -0.2) is 0 Å². The number of quaternary nitrogens is 1. The summed E-state index contributed by atoms with van der Waals surface area (Å²) in [4.78, 5) is 37.7. The van der Waals surface area contributed by atoms with Crippen LogP contribution in [0.4, 0.5) is 0 Å². The van der Waals surface area contributed by atoms with Crippen molar-refractivity contribution in [1.82, 2.24) is 0 Å². The van der Waals surface area contributed by atoms with Gasteiger partial charge in [0.1, 0.15) is 19.8 Å². The minimum atomic E-state index is -4.65. The number of phosphoric ester groups is 1. The number of likely N-dealkylation sites (N-methyl/N-ethyl adjacent to an activating group) is 1. The molecule has 0 amide bonds. The van der Waals surface area contributed by atoms with Crippen molar-refractivity contribution >= 4 is 19.8 Å². The number of phosphoric acid groups is 1. The third-order valence-electron chi connectivity index (χ3n) is 10.8. The van der Waals surface area contributed by atoms with Gasteiger partial charge >= 0.3 is 11.9 Å². The standard InChI is InChI=1S/C58H98NO8P/c1-6-8-10-12-14-16-18-20-21-22-23-24-25-26-27-28-29-30-31-32-33-34-35-36-37-39-41-43-45-47-49-51-58(61)67-56(55-66-68(62,63)65-53-52-59(3,4)5)54-64-57(60)50-48-46-44-42-40-38-19-17-15-13-11-9-7-2/h8,10,14,16,20-21,23-24,26-27,29-30,32-33,35-36,39,41,56H,6-7,9,11-13,15,17-19,22,25,28,31,34,37-38,40,42-55H2,1-5H3/b10-8-,16-14-,21-20-,24-23-,27-26-,30-29-,33-32-,36-35-,41-39-. The van der Waals surface area contributed by atoms with Crippen molar-refractivity contribution in [2.24, 2.45) is 0 Å². The topological polar surface area (TPSA) is 111 Å². The van der Waals surface area contributed by atoms with Crippen molar-refractivity contribution in [1.29, 1.82) is 0 Å². The Bertz CT molecular complexity index is 1520. The van der Waals surface area contributed by atoms with Crippen molar-refractivity contribution in [2.45, 2.75) is 200 Å². The molecule has 388 valence electrons. The zero-order valence-electron chi connectivity index (χ0n) is 43.8. The lowest BCUT2D eigenvalue weighted by Gasteiger charge is -2.28. The monoisotopic (exact) mass is 968 g/mol. The van der Waals surface area contributed by atoms with Gasteiger partial charge in [0.05, 0.1) is 27.7 Å². The lowest BCUT2D eigenvalue weighted by atomic mass is 10.0. The molecule has 0 N–H and O–H groups in total. The van der Waals surface area contributed by atoms with E-state index in [1.165, 1.54) is 64.2 Å². The lowest BCUT2D eigenvalue weighted by molar-refractivity contribution is -0.870. The third-order valence-corrected chi connectivity index (χ3v) is 11.8. The predicted molar refractivity (Wildman–Crippen MR) is 286 cm³/mol. The number of rotatable bonds is 47. The summed E-state index contributed by atoms with van der Waals surface area (Å²) < 4.78 is 34.0. The van der Waals surface area contributed by atoms with Gasteiger partial charge in [-0.05, 0) is 83.5 Å². The summed E-state index contributed by atoms with van der Waals surface area (Å²) in [6.07, 6.45) is 67.0. The Morgan fingerprint density at radius 2 is 0.838 bits per heavy atom. The normalized spacial score (nSPS) is 14.3. The summed E-state index contributed by atoms with van der Waals surface area (Å²) in [7, 11) is 1.13. The van der Waals surface area contributed by atoms with Crippen LogP contribution in [0.2, 0.25) is 0 Å². The summed E-state index contributed by atoms with van der Waals surface area (Å²) in [5.74, 6) is -0.878. The van der Waals surface area contributed by atoms with E-state index in [1.807, 2.05) is 21.1 Å². The van der Waals surface area contributed by atoms with Crippen LogP contribution in [0.1, 0.15) is 194 Å². The molecule has 0 aliphatic rings. The number of nitrogens with zero attached hydrogens (tertiary/aromatic N) is 1. The van der Waals surface area contributed by atoms with Gasteiger partial charge in [-0.2, -0.15) is 0 Å². The maximum Gasteiger partial charge on any atom is 0.306 e. The van der Waals surface area contributed by atoms with E-state index in [4.69, 9.17) is 18.5 Å². The number of carbonyl (C=O) groups is 2. The van der Waals surface area contributed by atoms with Crippen molar-refractivity contribution in [3.8, 4) is 0 Å². The summed E-state index contributed by atoms with van der Waals surface area (Å²) in [6, 6.07) is 0. The molecule has 0 bridgehead atoms. The molecule has 0 fully saturated rings. The van der Waals surface area contributed by atoms with Crippen LogP contribution >= 0.6 is 7.82 Å². The molecule has 2 unspecified atom stereocenters. The molecule has 0 aliphatic heterocycles. The van der Waals surface area contributed by atoms with E-state index < -0.39 is 32.5 Å². The first-order valence-corrected chi connectivity index (χ1v) is 28.1. The SMILES string of the molecule is CC/C=C\C/C=C\C/C=C\C/C=C\C/C=C\C/C=C\C/C=C\C/C=C\C/C=C\CCCCCC(=O)OC(COC(=O)CCCCCCCCCCCCCCC)COP(=O)([O-])OCC[N+](C)(C)C. The fourth-order valence-electron chi connectivity index (χ4n) is 6.71. The van der Waals surface area contributed by atoms with Crippen LogP contribution < -0.4 is 4.89 Å². The van der Waals surface area contributed by atoms with Crippen molar-refractivity contribution in [3.05, 3.63) is 109 Å². The first kappa shape index (κ1) is 64.7. The van der Waals surface area contributed by atoms with Gasteiger partial charge in [0.15, 0.2) is 6.10 Å². The first-order valence-electron chi connectivity index (χ1n) is 26.6. The molecule has 0 saturated heterocycles. The maximum atomic E-state index is 12.7. The average molecular weight is 968 g/mol. The molecular weight excluding hydrogens is 870 g/mol. The van der Waals surface area contributed by atoms with E-state index in [-0.39, 0.29) is 26.1 Å². The van der Waals surface area contributed by atoms with Crippen LogP contribution in [-0.4, -0.2) is 70.0 Å². The van der Waals surface area contributed by atoms with Crippen LogP contribution in [0.15, 0.2) is 109 Å². The second-order valence-electron chi connectivity index (χ2n) is 18.5. The van der Waals surface area contributed by atoms with E-state index >= 15 is 0 Å². The van der Waals surface area contributed by atoms with Gasteiger partial charge < -0.3 is 27.9 Å². The highest BCUT2D eigenvalue weighted by atomic mass is 31.2. The zero-order valence-corrected chi connectivity index (χ0v) is 44.7. The molecule has 0 spiro atoms. The summed E-state index contributed by atoms with van der Waals surface area (Å²) in [5, 5.41) is 0. The Hall–Kier alpha value is -3.33. The van der Waals surface area contributed by atoms with Crippen molar-refractivity contribution in [3.63, 3.8) is 0 Å². The molecule has 0 aromatic carbocycles. The van der Waals surface area contributed by atoms with E-state index in [1.54, 1.807) is 0 Å². The van der Waals surface area contributed by atoms with E-state index in [2.05, 4.69) is 123 Å². The molecule has 0 aromatic rings. The molecule has 10 heteroatoms. The minimum absolute atomic E-state index is 0.0425. The van der Waals surface area contributed by atoms with E-state index in [9.17, 15) is 19.0 Å². The Kier molecular flexibility index (Phi) is 46.3. The maximum absolute atomic E-state index is 12.7. The fourth-order valence-corrected chi connectivity index (χ4v) is 7.43. The summed E-state index contributed by atoms with van der Waals surface area (Å²) >= 11 is 0. The molecule has 0 aliphatic carbocycles. The Labute approximate surface area is 416 Å². The molecule has 0 rings (SSSR count). The Balaban J connectivity index is 4.30. The molecular formula is C58H98NO8P. The second-order valence-corrected chi connectivity index (χ2v) is 19.9. The van der Waals surface area contributed by atoms with E-state index in [0.29, 0.717) is 17.4 Å². The van der Waals surface area contributed by atoms with Gasteiger partial charge in [-0.1, -0.05) is 207 Å². The van der Waals surface area contributed by atoms with Crippen molar-refractivity contribution < 1.29 is 42.1 Å². The highest BCUT2D eigenvalue weighted by Crippen LogP contribution is 2.38. The summed E-state index contributed by atoms with van der Waals surface area (Å²) in [6.45, 7) is 4.06. The minimum Gasteiger partial charge on any atom is -0.756 e. The summed E-state index contributed by atoms with van der Waals surface area (Å²) in [5.41, 5.74) is 0. The van der Waals surface area contributed by atoms with Crippen LogP contribution in [0.5, 0.6) is 0 Å². The predicted octanol–water partition coefficient (Wildman–Crippen LogP) is 15.6. The number of ether oxygens (including phenoxy) is 2. The quantitative estimate of drug-likeness (QED) is 0.0195. The Morgan fingerprint density at radius 3 is 1.25 bits per heavy atom. The number of unbranched alkanes of at least 4 members (excludes halogenated alkanes) is 15. The second kappa shape index (κ2) is 48.7. The van der Waals surface area contributed by atoms with Crippen LogP contribution in [0.3, 0.4) is 0 Å². The highest BCUT2D eigenvalue weighted by molar-refractivity contribution is 7.45. The molecule has 0 saturated carbocycles. The number of allylic oxidation sites excluding steroid dienone is 18. The number of carbonyl (C=O) groups excluding carboxylic acids is 2. The van der Waals surface area contributed by atoms with Crippen LogP contribution in [0, 0.1) is 0 Å². The van der Waals surface area contributed by atoms with Gasteiger partial charge in [0.2, 0.25) is 0 Å². The molecule has 2 atom stereocenters. The number of hydrogen-bond acceptors (Lipinski definition) is 8. The zero-order chi connectivity index (χ0) is 49.9. The van der Waals surface area contributed by atoms with Crippen LogP contribution in [-0.2, 0) is 32.7 Å². The molecule has 9 nitrogen and oxygen atoms in total.